The lowest BCUT2D eigenvalue weighted by atomic mass is 9.79. The molecular formula is C14H23NO2S. The number of hydrogen-bond donors (Lipinski definition) is 0. The second kappa shape index (κ2) is 6.32. The molecule has 1 aromatic rings. The Balaban J connectivity index is 0.000000771. The number of ether oxygens (including phenoxy) is 1. The second-order valence-electron chi connectivity index (χ2n) is 4.95. The molecule has 3 nitrogen and oxygen atoms in total. The number of hydrogen-bond acceptors (Lipinski definition) is 4. The Hall–Kier alpha value is -0.900. The van der Waals surface area contributed by atoms with Gasteiger partial charge in [-0.2, -0.15) is 0 Å². The van der Waals surface area contributed by atoms with Gasteiger partial charge < -0.3 is 4.74 Å². The summed E-state index contributed by atoms with van der Waals surface area (Å²) in [6, 6.07) is 0. The van der Waals surface area contributed by atoms with E-state index in [4.69, 9.17) is 4.74 Å². The zero-order valence-electron chi connectivity index (χ0n) is 12.0. The highest BCUT2D eigenvalue weighted by Crippen LogP contribution is 2.36. The molecule has 0 amide bonds. The molecule has 0 atom stereocenters. The summed E-state index contributed by atoms with van der Waals surface area (Å²) in [4.78, 5) is 17.2. The molecule has 4 heteroatoms. The fourth-order valence-corrected chi connectivity index (χ4v) is 2.96. The van der Waals surface area contributed by atoms with Crippen LogP contribution in [0.3, 0.4) is 0 Å². The molecule has 0 unspecified atom stereocenters. The van der Waals surface area contributed by atoms with Crippen molar-refractivity contribution in [2.75, 3.05) is 6.61 Å². The lowest BCUT2D eigenvalue weighted by molar-refractivity contribution is 0.0525. The van der Waals surface area contributed by atoms with E-state index in [-0.39, 0.29) is 5.97 Å². The average molecular weight is 269 g/mol. The van der Waals surface area contributed by atoms with Crippen LogP contribution in [-0.2, 0) is 17.6 Å². The predicted molar refractivity (Wildman–Crippen MR) is 75.2 cm³/mol. The third-order valence-corrected chi connectivity index (χ3v) is 4.04. The minimum absolute atomic E-state index is 0.278. The van der Waals surface area contributed by atoms with Gasteiger partial charge in [0.15, 0.2) is 0 Å². The molecule has 1 aromatic heterocycles. The van der Waals surface area contributed by atoms with E-state index < -0.39 is 0 Å². The van der Waals surface area contributed by atoms with E-state index in [1.54, 1.807) is 0 Å². The highest BCUT2D eigenvalue weighted by molar-refractivity contribution is 7.13. The van der Waals surface area contributed by atoms with Gasteiger partial charge in [0.2, 0.25) is 5.01 Å². The van der Waals surface area contributed by atoms with E-state index in [0.29, 0.717) is 17.0 Å². The van der Waals surface area contributed by atoms with Crippen LogP contribution in [-0.4, -0.2) is 17.6 Å². The number of nitrogens with zero attached hydrogens (tertiary/aromatic N) is 1. The maximum absolute atomic E-state index is 11.5. The van der Waals surface area contributed by atoms with Gasteiger partial charge in [0, 0.05) is 4.88 Å². The first-order valence-electron chi connectivity index (χ1n) is 6.67. The summed E-state index contributed by atoms with van der Waals surface area (Å²) < 4.78 is 4.97. The molecular weight excluding hydrogens is 246 g/mol. The Kier molecular flexibility index (Phi) is 5.32. The molecule has 102 valence electrons. The minimum Gasteiger partial charge on any atom is -0.461 e. The fraction of sp³-hybridized carbons (Fsp3) is 0.714. The molecule has 0 saturated carbocycles. The second-order valence-corrected chi connectivity index (χ2v) is 6.03. The first kappa shape index (κ1) is 15.2. The highest BCUT2D eigenvalue weighted by Gasteiger charge is 2.29. The van der Waals surface area contributed by atoms with Crippen molar-refractivity contribution in [3.05, 3.63) is 15.6 Å². The quantitative estimate of drug-likeness (QED) is 0.765. The predicted octanol–water partition coefficient (Wildman–Crippen LogP) is 3.86. The van der Waals surface area contributed by atoms with Gasteiger partial charge in [-0.15, -0.1) is 11.3 Å². The topological polar surface area (TPSA) is 39.2 Å². The van der Waals surface area contributed by atoms with Gasteiger partial charge in [0.1, 0.15) is 0 Å². The molecule has 0 radical (unpaired) electrons. The SMILES string of the molecule is CC.CCOC(=O)c1nc2c(s1)CCC(C)(C)C2. The zero-order chi connectivity index (χ0) is 13.8. The Bertz CT molecular complexity index is 410. The lowest BCUT2D eigenvalue weighted by Crippen LogP contribution is -2.21. The van der Waals surface area contributed by atoms with Gasteiger partial charge in [-0.3, -0.25) is 0 Å². The first-order chi connectivity index (χ1) is 8.52. The number of rotatable bonds is 2. The number of esters is 1. The van der Waals surface area contributed by atoms with Crippen LogP contribution >= 0.6 is 11.3 Å². The average Bonchev–Trinajstić information content (AvgIpc) is 2.73. The molecule has 0 aromatic carbocycles. The molecule has 0 saturated heterocycles. The van der Waals surface area contributed by atoms with Crippen molar-refractivity contribution in [1.82, 2.24) is 4.98 Å². The molecule has 2 rings (SSSR count). The zero-order valence-corrected chi connectivity index (χ0v) is 12.8. The van der Waals surface area contributed by atoms with Gasteiger partial charge in [-0.05, 0) is 31.6 Å². The number of aromatic nitrogens is 1. The minimum atomic E-state index is -0.278. The highest BCUT2D eigenvalue weighted by atomic mass is 32.1. The van der Waals surface area contributed by atoms with Gasteiger partial charge in [-0.25, -0.2) is 9.78 Å². The maximum Gasteiger partial charge on any atom is 0.367 e. The third kappa shape index (κ3) is 3.55. The Labute approximate surface area is 114 Å². The number of carbonyl (C=O) groups excluding carboxylic acids is 1. The normalized spacial score (nSPS) is 16.3. The Morgan fingerprint density at radius 2 is 2.11 bits per heavy atom. The van der Waals surface area contributed by atoms with Crippen LogP contribution in [0.1, 0.15) is 61.4 Å². The fourth-order valence-electron chi connectivity index (χ4n) is 1.99. The summed E-state index contributed by atoms with van der Waals surface area (Å²) in [5.41, 5.74) is 1.41. The molecule has 0 fully saturated rings. The summed E-state index contributed by atoms with van der Waals surface area (Å²) in [6.07, 6.45) is 3.18. The smallest absolute Gasteiger partial charge is 0.367 e. The van der Waals surface area contributed by atoms with E-state index in [1.165, 1.54) is 22.6 Å². The molecule has 18 heavy (non-hydrogen) atoms. The Morgan fingerprint density at radius 1 is 1.44 bits per heavy atom. The van der Waals surface area contributed by atoms with Crippen molar-refractivity contribution in [2.45, 2.75) is 53.9 Å². The largest absolute Gasteiger partial charge is 0.461 e. The summed E-state index contributed by atoms with van der Waals surface area (Å²) in [5, 5.41) is 0.518. The van der Waals surface area contributed by atoms with Crippen molar-refractivity contribution in [2.24, 2.45) is 5.41 Å². The van der Waals surface area contributed by atoms with Gasteiger partial charge in [0.05, 0.1) is 12.3 Å². The summed E-state index contributed by atoms with van der Waals surface area (Å²) in [5.74, 6) is -0.278. The molecule has 1 aliphatic carbocycles. The van der Waals surface area contributed by atoms with Crippen LogP contribution in [0.4, 0.5) is 0 Å². The maximum atomic E-state index is 11.5. The van der Waals surface area contributed by atoms with Gasteiger partial charge >= 0.3 is 5.97 Å². The van der Waals surface area contributed by atoms with E-state index in [0.717, 1.165) is 18.5 Å². The van der Waals surface area contributed by atoms with Crippen molar-refractivity contribution in [1.29, 1.82) is 0 Å². The summed E-state index contributed by atoms with van der Waals surface area (Å²) in [6.45, 7) is 10.7. The van der Waals surface area contributed by atoms with Crippen molar-refractivity contribution in [3.8, 4) is 0 Å². The van der Waals surface area contributed by atoms with Crippen LogP contribution < -0.4 is 0 Å². The third-order valence-electron chi connectivity index (χ3n) is 2.90. The van der Waals surface area contributed by atoms with Crippen LogP contribution in [0, 0.1) is 5.41 Å². The van der Waals surface area contributed by atoms with Crippen molar-refractivity contribution < 1.29 is 9.53 Å². The van der Waals surface area contributed by atoms with Crippen LogP contribution in [0.15, 0.2) is 0 Å². The molecule has 0 N–H and O–H groups in total. The van der Waals surface area contributed by atoms with Crippen LogP contribution in [0.2, 0.25) is 0 Å². The Morgan fingerprint density at radius 3 is 2.72 bits per heavy atom. The molecule has 0 bridgehead atoms. The molecule has 1 heterocycles. The number of carbonyl (C=O) groups is 1. The summed E-state index contributed by atoms with van der Waals surface area (Å²) in [7, 11) is 0. The summed E-state index contributed by atoms with van der Waals surface area (Å²) >= 11 is 1.50. The van der Waals surface area contributed by atoms with E-state index in [1.807, 2.05) is 20.8 Å². The van der Waals surface area contributed by atoms with Crippen LogP contribution in [0.25, 0.3) is 0 Å². The first-order valence-corrected chi connectivity index (χ1v) is 7.49. The molecule has 0 spiro atoms. The number of fused-ring (bicyclic) bond motifs is 1. The van der Waals surface area contributed by atoms with E-state index in [2.05, 4.69) is 18.8 Å². The monoisotopic (exact) mass is 269 g/mol. The standard InChI is InChI=1S/C12H17NO2S.C2H6/c1-4-15-11(14)10-13-8-7-12(2,3)6-5-9(8)16-10;1-2/h4-7H2,1-3H3;1-2H3. The molecule has 1 aliphatic rings. The number of thiazole rings is 1. The van der Waals surface area contributed by atoms with E-state index in [9.17, 15) is 4.79 Å². The van der Waals surface area contributed by atoms with Gasteiger partial charge in [0.25, 0.3) is 0 Å². The van der Waals surface area contributed by atoms with E-state index >= 15 is 0 Å². The molecule has 0 aliphatic heterocycles. The van der Waals surface area contributed by atoms with Crippen LogP contribution in [0.5, 0.6) is 0 Å². The lowest BCUT2D eigenvalue weighted by Gasteiger charge is -2.28. The van der Waals surface area contributed by atoms with Gasteiger partial charge in [-0.1, -0.05) is 27.7 Å². The van der Waals surface area contributed by atoms with Crippen molar-refractivity contribution in [3.63, 3.8) is 0 Å². The van der Waals surface area contributed by atoms with Crippen molar-refractivity contribution >= 4 is 17.3 Å². The number of aryl methyl sites for hydroxylation is 1.